The zero-order chi connectivity index (χ0) is 14.8. The molecule has 4 nitrogen and oxygen atoms in total. The van der Waals surface area contributed by atoms with E-state index in [2.05, 4.69) is 9.97 Å². The van der Waals surface area contributed by atoms with Crippen molar-refractivity contribution in [2.45, 2.75) is 0 Å². The van der Waals surface area contributed by atoms with Crippen LogP contribution in [-0.4, -0.2) is 24.2 Å². The molecule has 0 fully saturated rings. The van der Waals surface area contributed by atoms with E-state index in [-0.39, 0.29) is 0 Å². The number of benzene rings is 2. The number of methoxy groups -OCH3 is 2. The Balaban J connectivity index is 2.13. The van der Waals surface area contributed by atoms with E-state index in [4.69, 9.17) is 21.1 Å². The Morgan fingerprint density at radius 3 is 2.19 bits per heavy atom. The van der Waals surface area contributed by atoms with Gasteiger partial charge in [-0.1, -0.05) is 11.6 Å². The molecule has 0 aliphatic rings. The monoisotopic (exact) mass is 300 g/mol. The quantitative estimate of drug-likeness (QED) is 0.687. The highest BCUT2D eigenvalue weighted by Gasteiger charge is 2.09. The fraction of sp³-hybridized carbons (Fsp3) is 0.125. The fourth-order valence-corrected chi connectivity index (χ4v) is 2.31. The van der Waals surface area contributed by atoms with Crippen LogP contribution in [0.5, 0.6) is 11.5 Å². The van der Waals surface area contributed by atoms with Crippen molar-refractivity contribution in [2.75, 3.05) is 14.2 Å². The van der Waals surface area contributed by atoms with E-state index >= 15 is 0 Å². The van der Waals surface area contributed by atoms with Crippen molar-refractivity contribution in [1.82, 2.24) is 9.97 Å². The summed E-state index contributed by atoms with van der Waals surface area (Å²) in [4.78, 5) is 8.91. The Hall–Kier alpha value is -2.33. The van der Waals surface area contributed by atoms with Crippen molar-refractivity contribution in [3.05, 3.63) is 47.6 Å². The van der Waals surface area contributed by atoms with Gasteiger partial charge in [0.25, 0.3) is 0 Å². The van der Waals surface area contributed by atoms with Crippen molar-refractivity contribution in [1.29, 1.82) is 0 Å². The first-order chi connectivity index (χ1) is 10.2. The Bertz CT molecular complexity index is 788. The molecule has 21 heavy (non-hydrogen) atoms. The molecule has 1 heterocycles. The predicted molar refractivity (Wildman–Crippen MR) is 83.1 cm³/mol. The third-order valence-electron chi connectivity index (χ3n) is 3.21. The van der Waals surface area contributed by atoms with Crippen LogP contribution in [0.25, 0.3) is 22.3 Å². The van der Waals surface area contributed by atoms with Crippen LogP contribution in [0.4, 0.5) is 0 Å². The summed E-state index contributed by atoms with van der Waals surface area (Å²) in [7, 11) is 3.25. The molecule has 0 amide bonds. The van der Waals surface area contributed by atoms with E-state index in [0.717, 1.165) is 28.0 Å². The van der Waals surface area contributed by atoms with E-state index in [1.54, 1.807) is 14.2 Å². The van der Waals surface area contributed by atoms with Crippen LogP contribution in [0.1, 0.15) is 0 Å². The van der Waals surface area contributed by atoms with Crippen molar-refractivity contribution in [3.63, 3.8) is 0 Å². The summed E-state index contributed by atoms with van der Waals surface area (Å²) in [6, 6.07) is 13.1. The SMILES string of the molecule is COc1ccc(-c2nc(Cl)c3ccc(OC)cc3n2)cc1. The van der Waals surface area contributed by atoms with Crippen molar-refractivity contribution in [2.24, 2.45) is 0 Å². The zero-order valence-electron chi connectivity index (χ0n) is 11.6. The molecule has 0 N–H and O–H groups in total. The van der Waals surface area contributed by atoms with E-state index < -0.39 is 0 Å². The van der Waals surface area contributed by atoms with Gasteiger partial charge >= 0.3 is 0 Å². The number of nitrogens with zero attached hydrogens (tertiary/aromatic N) is 2. The average molecular weight is 301 g/mol. The molecule has 0 aliphatic carbocycles. The first-order valence-electron chi connectivity index (χ1n) is 6.37. The maximum Gasteiger partial charge on any atom is 0.161 e. The zero-order valence-corrected chi connectivity index (χ0v) is 12.4. The van der Waals surface area contributed by atoms with Crippen LogP contribution < -0.4 is 9.47 Å². The minimum absolute atomic E-state index is 0.425. The summed E-state index contributed by atoms with van der Waals surface area (Å²) >= 11 is 6.25. The van der Waals surface area contributed by atoms with E-state index in [1.807, 2.05) is 42.5 Å². The highest BCUT2D eigenvalue weighted by molar-refractivity contribution is 6.34. The second-order valence-electron chi connectivity index (χ2n) is 4.45. The lowest BCUT2D eigenvalue weighted by Gasteiger charge is -2.07. The maximum absolute atomic E-state index is 6.25. The molecule has 5 heteroatoms. The van der Waals surface area contributed by atoms with Crippen LogP contribution in [0, 0.1) is 0 Å². The molecular weight excluding hydrogens is 288 g/mol. The van der Waals surface area contributed by atoms with Gasteiger partial charge in [0.05, 0.1) is 19.7 Å². The fourth-order valence-electron chi connectivity index (χ4n) is 2.07. The van der Waals surface area contributed by atoms with Gasteiger partial charge in [0.2, 0.25) is 0 Å². The molecule has 3 aromatic rings. The Morgan fingerprint density at radius 2 is 1.52 bits per heavy atom. The van der Waals surface area contributed by atoms with Gasteiger partial charge in [-0.2, -0.15) is 0 Å². The van der Waals surface area contributed by atoms with Crippen LogP contribution >= 0.6 is 11.6 Å². The largest absolute Gasteiger partial charge is 0.497 e. The number of rotatable bonds is 3. The number of aromatic nitrogens is 2. The van der Waals surface area contributed by atoms with Crippen LogP contribution in [0.3, 0.4) is 0 Å². The molecule has 0 spiro atoms. The summed E-state index contributed by atoms with van der Waals surface area (Å²) in [6.45, 7) is 0. The highest BCUT2D eigenvalue weighted by Crippen LogP contribution is 2.28. The van der Waals surface area contributed by atoms with Gasteiger partial charge in [0.1, 0.15) is 16.7 Å². The lowest BCUT2D eigenvalue weighted by molar-refractivity contribution is 0.415. The normalized spacial score (nSPS) is 10.6. The van der Waals surface area contributed by atoms with Crippen LogP contribution in [-0.2, 0) is 0 Å². The van der Waals surface area contributed by atoms with E-state index in [9.17, 15) is 0 Å². The van der Waals surface area contributed by atoms with E-state index in [0.29, 0.717) is 11.0 Å². The number of halogens is 1. The summed E-state index contributed by atoms with van der Waals surface area (Å²) < 4.78 is 10.4. The topological polar surface area (TPSA) is 44.2 Å². The number of ether oxygens (including phenoxy) is 2. The third-order valence-corrected chi connectivity index (χ3v) is 3.49. The summed E-state index contributed by atoms with van der Waals surface area (Å²) in [5, 5.41) is 1.23. The number of hydrogen-bond acceptors (Lipinski definition) is 4. The van der Waals surface area contributed by atoms with Crippen LogP contribution in [0.15, 0.2) is 42.5 Å². The molecule has 3 rings (SSSR count). The summed E-state index contributed by atoms with van der Waals surface area (Å²) in [5.74, 6) is 2.09. The molecule has 0 unspecified atom stereocenters. The Morgan fingerprint density at radius 1 is 0.857 bits per heavy atom. The van der Waals surface area contributed by atoms with Gasteiger partial charge in [0, 0.05) is 17.0 Å². The van der Waals surface area contributed by atoms with Gasteiger partial charge in [-0.3, -0.25) is 0 Å². The smallest absolute Gasteiger partial charge is 0.161 e. The minimum Gasteiger partial charge on any atom is -0.497 e. The number of fused-ring (bicyclic) bond motifs is 1. The molecule has 0 radical (unpaired) electrons. The minimum atomic E-state index is 0.425. The molecule has 2 aromatic carbocycles. The van der Waals surface area contributed by atoms with Crippen LogP contribution in [0.2, 0.25) is 5.15 Å². The van der Waals surface area contributed by atoms with Gasteiger partial charge in [0.15, 0.2) is 5.82 Å². The molecular formula is C16H13ClN2O2. The summed E-state index contributed by atoms with van der Waals surface area (Å²) in [5.41, 5.74) is 1.63. The lowest BCUT2D eigenvalue weighted by Crippen LogP contribution is -1.93. The van der Waals surface area contributed by atoms with Gasteiger partial charge in [-0.25, -0.2) is 9.97 Å². The highest BCUT2D eigenvalue weighted by atomic mass is 35.5. The molecule has 0 aliphatic heterocycles. The summed E-state index contributed by atoms with van der Waals surface area (Å²) in [6.07, 6.45) is 0. The first-order valence-corrected chi connectivity index (χ1v) is 6.75. The lowest BCUT2D eigenvalue weighted by atomic mass is 10.2. The molecule has 106 valence electrons. The predicted octanol–water partition coefficient (Wildman–Crippen LogP) is 3.97. The van der Waals surface area contributed by atoms with Gasteiger partial charge < -0.3 is 9.47 Å². The van der Waals surface area contributed by atoms with Crippen molar-refractivity contribution in [3.8, 4) is 22.9 Å². The molecule has 0 saturated heterocycles. The number of hydrogen-bond donors (Lipinski definition) is 0. The Kier molecular flexibility index (Phi) is 3.62. The second kappa shape index (κ2) is 5.58. The third kappa shape index (κ3) is 2.62. The van der Waals surface area contributed by atoms with Crippen molar-refractivity contribution < 1.29 is 9.47 Å². The maximum atomic E-state index is 6.25. The van der Waals surface area contributed by atoms with E-state index in [1.165, 1.54) is 0 Å². The molecule has 1 aromatic heterocycles. The second-order valence-corrected chi connectivity index (χ2v) is 4.81. The van der Waals surface area contributed by atoms with Gasteiger partial charge in [-0.05, 0) is 36.4 Å². The molecule has 0 saturated carbocycles. The Labute approximate surface area is 127 Å². The van der Waals surface area contributed by atoms with Crippen molar-refractivity contribution >= 4 is 22.5 Å². The standard InChI is InChI=1S/C16H13ClN2O2/c1-20-11-5-3-10(4-6-11)16-18-14-9-12(21-2)7-8-13(14)15(17)19-16/h3-9H,1-2H3. The first kappa shape index (κ1) is 13.6. The van der Waals surface area contributed by atoms with Gasteiger partial charge in [-0.15, -0.1) is 0 Å². The average Bonchev–Trinajstić information content (AvgIpc) is 2.54. The molecule has 0 atom stereocenters. The molecule has 0 bridgehead atoms.